The van der Waals surface area contributed by atoms with Crippen LogP contribution in [-0.4, -0.2) is 49.2 Å². The Morgan fingerprint density at radius 2 is 1.56 bits per heavy atom. The number of aromatic nitrogens is 4. The molecule has 0 saturated heterocycles. The van der Waals surface area contributed by atoms with Crippen LogP contribution in [0.1, 0.15) is 48.0 Å². The second kappa shape index (κ2) is 13.0. The molecule has 0 bridgehead atoms. The average molecular weight is 530 g/mol. The summed E-state index contributed by atoms with van der Waals surface area (Å²) in [6.07, 6.45) is 3.33. The van der Waals surface area contributed by atoms with Crippen molar-refractivity contribution in [2.75, 3.05) is 0 Å². The molecule has 0 saturated carbocycles. The smallest absolute Gasteiger partial charge is 0.296 e. The molecule has 0 aliphatic heterocycles. The van der Waals surface area contributed by atoms with E-state index in [-0.39, 0.29) is 35.1 Å². The van der Waals surface area contributed by atoms with Crippen molar-refractivity contribution in [2.45, 2.75) is 46.1 Å². The molecule has 8 heteroatoms. The molecule has 193 valence electrons. The van der Waals surface area contributed by atoms with Crippen molar-refractivity contribution in [3.05, 3.63) is 128 Å². The van der Waals surface area contributed by atoms with Gasteiger partial charge in [-0.25, -0.2) is 9.78 Å². The number of nitrogens with zero attached hydrogens (tertiary/aromatic N) is 3. The summed E-state index contributed by atoms with van der Waals surface area (Å²) in [5.41, 5.74) is 6.46. The number of rotatable bonds is 9. The molecule has 3 aromatic carbocycles. The van der Waals surface area contributed by atoms with Crippen molar-refractivity contribution in [2.24, 2.45) is 0 Å². The van der Waals surface area contributed by atoms with Crippen LogP contribution in [0.4, 0.5) is 0 Å². The first kappa shape index (κ1) is 28.5. The molecule has 0 aliphatic carbocycles. The van der Waals surface area contributed by atoms with E-state index in [0.717, 1.165) is 64.2 Å². The molecule has 39 heavy (non-hydrogen) atoms. The van der Waals surface area contributed by atoms with Crippen LogP contribution in [0.25, 0.3) is 22.5 Å². The molecule has 0 atom stereocenters. The molecule has 1 radical (unpaired) electrons. The largest absolute Gasteiger partial charge is 0.439 e. The minimum absolute atomic E-state index is 0. The van der Waals surface area contributed by atoms with E-state index in [0.29, 0.717) is 18.8 Å². The molecule has 1 N–H and O–H groups in total. The van der Waals surface area contributed by atoms with Crippen LogP contribution >= 0.6 is 0 Å². The second-order valence-electron chi connectivity index (χ2n) is 9.43. The van der Waals surface area contributed by atoms with Gasteiger partial charge >= 0.3 is 5.76 Å². The van der Waals surface area contributed by atoms with Crippen molar-refractivity contribution < 1.29 is 4.52 Å². The van der Waals surface area contributed by atoms with Gasteiger partial charge in [0.1, 0.15) is 5.82 Å². The minimum Gasteiger partial charge on any atom is -0.296 e. The standard InChI is InChI=1S/C31H30N4O3.Na/c1-3-4-14-28-27(30(36)35(21(2)32-28)20-23-10-6-5-7-11-23)19-22-15-17-24(18-16-22)25-12-8-9-13-26(25)29-33-31(37)38-34-29;/h5-13,15-18H,3-4,14,19-20H2,1-2H3,(H,33,34,37);. The fraction of sp³-hybridized carbons (Fsp3) is 0.226. The topological polar surface area (TPSA) is 93.8 Å². The molecular formula is C31H30N4NaO3. The molecule has 7 nitrogen and oxygen atoms in total. The molecule has 0 spiro atoms. The third-order valence-corrected chi connectivity index (χ3v) is 6.76. The average Bonchev–Trinajstić information content (AvgIpc) is 3.38. The van der Waals surface area contributed by atoms with Gasteiger partial charge in [-0.05, 0) is 42.0 Å². The maximum Gasteiger partial charge on any atom is 0.439 e. The van der Waals surface area contributed by atoms with Crippen LogP contribution in [0.15, 0.2) is 93.0 Å². The Bertz CT molecular complexity index is 1650. The monoisotopic (exact) mass is 529 g/mol. The molecule has 2 heterocycles. The van der Waals surface area contributed by atoms with E-state index in [1.54, 1.807) is 4.57 Å². The summed E-state index contributed by atoms with van der Waals surface area (Å²) in [5, 5.41) is 3.85. The van der Waals surface area contributed by atoms with E-state index in [1.165, 1.54) is 0 Å². The summed E-state index contributed by atoms with van der Waals surface area (Å²) in [7, 11) is 0. The number of H-pyrrole nitrogens is 1. The summed E-state index contributed by atoms with van der Waals surface area (Å²) in [6, 6.07) is 25.9. The van der Waals surface area contributed by atoms with Crippen molar-refractivity contribution >= 4 is 29.6 Å². The fourth-order valence-corrected chi connectivity index (χ4v) is 4.73. The number of nitrogens with one attached hydrogen (secondary N) is 1. The molecule has 2 aromatic heterocycles. The number of benzene rings is 3. The maximum atomic E-state index is 13.8. The van der Waals surface area contributed by atoms with Crippen LogP contribution in [0, 0.1) is 6.92 Å². The minimum atomic E-state index is -0.589. The summed E-state index contributed by atoms with van der Waals surface area (Å²) in [4.78, 5) is 32.8. The molecule has 5 rings (SSSR count). The molecule has 0 fully saturated rings. The van der Waals surface area contributed by atoms with Gasteiger partial charge in [0.15, 0.2) is 5.82 Å². The van der Waals surface area contributed by atoms with Gasteiger partial charge in [-0.3, -0.25) is 18.9 Å². The first-order valence-corrected chi connectivity index (χ1v) is 12.9. The van der Waals surface area contributed by atoms with Crippen LogP contribution in [0.5, 0.6) is 0 Å². The zero-order valence-electron chi connectivity index (χ0n) is 22.6. The van der Waals surface area contributed by atoms with E-state index in [4.69, 9.17) is 9.51 Å². The van der Waals surface area contributed by atoms with Gasteiger partial charge < -0.3 is 0 Å². The maximum absolute atomic E-state index is 13.8. The molecule has 0 unspecified atom stereocenters. The Hall–Kier alpha value is -3.52. The predicted octanol–water partition coefficient (Wildman–Crippen LogP) is 5.16. The second-order valence-corrected chi connectivity index (χ2v) is 9.43. The van der Waals surface area contributed by atoms with E-state index >= 15 is 0 Å². The van der Waals surface area contributed by atoms with Crippen LogP contribution in [0.3, 0.4) is 0 Å². The number of aryl methyl sites for hydroxylation is 2. The number of aromatic amines is 1. The van der Waals surface area contributed by atoms with E-state index in [1.807, 2.05) is 85.8 Å². The molecule has 0 aliphatic rings. The van der Waals surface area contributed by atoms with Crippen molar-refractivity contribution in [1.29, 1.82) is 0 Å². The van der Waals surface area contributed by atoms with Crippen molar-refractivity contribution in [1.82, 2.24) is 19.7 Å². The third-order valence-electron chi connectivity index (χ3n) is 6.76. The summed E-state index contributed by atoms with van der Waals surface area (Å²) in [6.45, 7) is 4.56. The summed E-state index contributed by atoms with van der Waals surface area (Å²) >= 11 is 0. The van der Waals surface area contributed by atoms with Gasteiger partial charge in [0.2, 0.25) is 0 Å². The van der Waals surface area contributed by atoms with E-state index < -0.39 is 5.76 Å². The van der Waals surface area contributed by atoms with Gasteiger partial charge in [-0.2, -0.15) is 0 Å². The van der Waals surface area contributed by atoms with Gasteiger partial charge in [0.25, 0.3) is 5.56 Å². The quantitative estimate of drug-likeness (QED) is 0.266. The number of hydrogen-bond donors (Lipinski definition) is 1. The molecule has 5 aromatic rings. The van der Waals surface area contributed by atoms with Gasteiger partial charge in [-0.15, -0.1) is 0 Å². The van der Waals surface area contributed by atoms with E-state index in [2.05, 4.69) is 17.1 Å². The summed E-state index contributed by atoms with van der Waals surface area (Å²) in [5.74, 6) is 0.542. The van der Waals surface area contributed by atoms with Crippen LogP contribution in [0.2, 0.25) is 0 Å². The van der Waals surface area contributed by atoms with Crippen molar-refractivity contribution in [3.8, 4) is 22.5 Å². The zero-order chi connectivity index (χ0) is 26.5. The first-order chi connectivity index (χ1) is 18.5. The van der Waals surface area contributed by atoms with Gasteiger partial charge in [-0.1, -0.05) is 97.4 Å². The van der Waals surface area contributed by atoms with Crippen molar-refractivity contribution in [3.63, 3.8) is 0 Å². The SMILES string of the molecule is CCCCc1nc(C)n(Cc2ccccc2)c(=O)c1Cc1ccc(-c2ccccc2-c2noc(=O)[nH]2)cc1.[Na]. The first-order valence-electron chi connectivity index (χ1n) is 12.9. The van der Waals surface area contributed by atoms with Crippen LogP contribution < -0.4 is 11.3 Å². The molecular weight excluding hydrogens is 499 g/mol. The van der Waals surface area contributed by atoms with Crippen LogP contribution in [-0.2, 0) is 19.4 Å². The third kappa shape index (κ3) is 6.56. The Morgan fingerprint density at radius 3 is 2.23 bits per heavy atom. The summed E-state index contributed by atoms with van der Waals surface area (Å²) < 4.78 is 6.48. The normalized spacial score (nSPS) is 10.8. The predicted molar refractivity (Wildman–Crippen MR) is 154 cm³/mol. The fourth-order valence-electron chi connectivity index (χ4n) is 4.73. The molecule has 0 amide bonds. The zero-order valence-corrected chi connectivity index (χ0v) is 24.6. The van der Waals surface area contributed by atoms with E-state index in [9.17, 15) is 9.59 Å². The number of unbranched alkanes of at least 4 members (excludes halogenated alkanes) is 1. The number of hydrogen-bond acceptors (Lipinski definition) is 5. The Balaban J connectivity index is 0.00000353. The Kier molecular flexibility index (Phi) is 9.51. The van der Waals surface area contributed by atoms with Gasteiger partial charge in [0.05, 0.1) is 12.2 Å². The Morgan fingerprint density at radius 1 is 0.872 bits per heavy atom. The Labute approximate surface area is 249 Å². The van der Waals surface area contributed by atoms with Gasteiger partial charge in [0, 0.05) is 47.1 Å².